The van der Waals surface area contributed by atoms with E-state index in [4.69, 9.17) is 0 Å². The van der Waals surface area contributed by atoms with Gasteiger partial charge in [-0.1, -0.05) is 25.8 Å². The van der Waals surface area contributed by atoms with Gasteiger partial charge in [-0.2, -0.15) is 39.5 Å². The molecule has 0 radical (unpaired) electrons. The van der Waals surface area contributed by atoms with E-state index in [9.17, 15) is 49.1 Å². The molecule has 0 amide bonds. The van der Waals surface area contributed by atoms with E-state index in [0.29, 0.717) is 12.8 Å². The highest BCUT2D eigenvalue weighted by Crippen LogP contribution is 2.54. The number of ether oxygens (including phenoxy) is 2. The van der Waals surface area contributed by atoms with Crippen LogP contribution in [0.2, 0.25) is 0 Å². The molecule has 0 heterocycles. The zero-order valence-corrected chi connectivity index (χ0v) is 16.3. The lowest BCUT2D eigenvalue weighted by atomic mass is 9.89. The summed E-state index contributed by atoms with van der Waals surface area (Å²) in [5.74, 6) is -23.0. The van der Waals surface area contributed by atoms with Gasteiger partial charge < -0.3 is 9.47 Å². The lowest BCUT2D eigenvalue weighted by molar-refractivity contribution is -0.398. The van der Waals surface area contributed by atoms with E-state index in [1.807, 2.05) is 0 Å². The van der Waals surface area contributed by atoms with Crippen LogP contribution in [-0.4, -0.2) is 48.6 Å². The maximum absolute atomic E-state index is 14.0. The van der Waals surface area contributed by atoms with Gasteiger partial charge in [-0.15, -0.1) is 0 Å². The molecule has 0 N–H and O–H groups in total. The highest BCUT2D eigenvalue weighted by Gasteiger charge is 2.81. The van der Waals surface area contributed by atoms with Gasteiger partial charge in [0.25, 0.3) is 0 Å². The molecule has 0 aromatic heterocycles. The van der Waals surface area contributed by atoms with Gasteiger partial charge in [0.05, 0.1) is 12.3 Å². The summed E-state index contributed by atoms with van der Waals surface area (Å²) < 4.78 is 127. The molecule has 1 fully saturated rings. The summed E-state index contributed by atoms with van der Waals surface area (Å²) in [6.07, 6.45) is -9.29. The van der Waals surface area contributed by atoms with Gasteiger partial charge in [0.2, 0.25) is 0 Å². The van der Waals surface area contributed by atoms with E-state index in [-0.39, 0.29) is 18.4 Å². The molecule has 0 aliphatic heterocycles. The molecular formula is C18H21F9O4. The van der Waals surface area contributed by atoms with Gasteiger partial charge in [-0.25, -0.2) is 4.79 Å². The molecular weight excluding hydrogens is 451 g/mol. The fourth-order valence-corrected chi connectivity index (χ4v) is 2.85. The van der Waals surface area contributed by atoms with E-state index in [2.05, 4.69) is 16.1 Å². The van der Waals surface area contributed by atoms with Gasteiger partial charge >= 0.3 is 35.9 Å². The fraction of sp³-hybridized carbons (Fsp3) is 0.778. The third-order valence-corrected chi connectivity index (χ3v) is 4.66. The van der Waals surface area contributed by atoms with Crippen molar-refractivity contribution < 1.29 is 58.6 Å². The summed E-state index contributed by atoms with van der Waals surface area (Å²) in [6.45, 7) is 3.03. The number of hydrogen-bond donors (Lipinski definition) is 0. The Morgan fingerprint density at radius 1 is 0.935 bits per heavy atom. The Morgan fingerprint density at radius 3 is 1.90 bits per heavy atom. The molecule has 1 saturated carbocycles. The number of carbonyl (C=O) groups excluding carboxylic acids is 2. The minimum atomic E-state index is -7.07. The molecule has 0 saturated heterocycles. The minimum Gasteiger partial charge on any atom is -0.458 e. The maximum Gasteiger partial charge on any atom is 0.460 e. The molecule has 1 rings (SSSR count). The first-order chi connectivity index (χ1) is 13.9. The van der Waals surface area contributed by atoms with Crippen molar-refractivity contribution in [1.29, 1.82) is 0 Å². The SMILES string of the molecule is C=C(C)C(=O)OCC(CC(F)(F)C(F)(F)C(F)(F)C(F)(F)F)OC(=O)C1CCCCC1. The van der Waals surface area contributed by atoms with Crippen molar-refractivity contribution in [3.05, 3.63) is 12.2 Å². The quantitative estimate of drug-likeness (QED) is 0.254. The van der Waals surface area contributed by atoms with Crippen molar-refractivity contribution in [2.75, 3.05) is 6.61 Å². The van der Waals surface area contributed by atoms with Crippen LogP contribution in [0.1, 0.15) is 45.4 Å². The number of rotatable bonds is 9. The molecule has 1 unspecified atom stereocenters. The Bertz CT molecular complexity index is 667. The highest BCUT2D eigenvalue weighted by atomic mass is 19.4. The second kappa shape index (κ2) is 9.68. The van der Waals surface area contributed by atoms with Crippen molar-refractivity contribution in [2.45, 2.75) is 75.5 Å². The van der Waals surface area contributed by atoms with Crippen LogP contribution in [0.3, 0.4) is 0 Å². The van der Waals surface area contributed by atoms with Crippen LogP contribution < -0.4 is 0 Å². The predicted molar refractivity (Wildman–Crippen MR) is 87.7 cm³/mol. The summed E-state index contributed by atoms with van der Waals surface area (Å²) in [5.41, 5.74) is -0.252. The zero-order chi connectivity index (χ0) is 24.3. The van der Waals surface area contributed by atoms with Crippen molar-refractivity contribution in [2.24, 2.45) is 5.92 Å². The molecule has 0 aromatic carbocycles. The summed E-state index contributed by atoms with van der Waals surface area (Å²) >= 11 is 0. The average molecular weight is 472 g/mol. The molecule has 0 spiro atoms. The standard InChI is InChI=1S/C18H21F9O4/c1-10(2)13(28)30-9-12(31-14(29)11-6-4-3-5-7-11)8-15(19,20)16(21,22)17(23,24)18(25,26)27/h11-12H,1,3-9H2,2H3. The molecule has 0 aromatic rings. The lowest BCUT2D eigenvalue weighted by Gasteiger charge is -2.35. The predicted octanol–water partition coefficient (Wildman–Crippen LogP) is 5.46. The number of carbonyl (C=O) groups is 2. The van der Waals surface area contributed by atoms with Crippen LogP contribution in [0.5, 0.6) is 0 Å². The van der Waals surface area contributed by atoms with Gasteiger partial charge in [0.1, 0.15) is 12.7 Å². The van der Waals surface area contributed by atoms with E-state index in [0.717, 1.165) is 13.3 Å². The maximum atomic E-state index is 14.0. The molecule has 1 aliphatic carbocycles. The second-order valence-corrected chi connectivity index (χ2v) is 7.33. The van der Waals surface area contributed by atoms with Crippen molar-refractivity contribution in [3.8, 4) is 0 Å². The first-order valence-corrected chi connectivity index (χ1v) is 9.17. The Morgan fingerprint density at radius 2 is 1.45 bits per heavy atom. The lowest BCUT2D eigenvalue weighted by Crippen LogP contribution is -2.61. The summed E-state index contributed by atoms with van der Waals surface area (Å²) in [5, 5.41) is 0. The van der Waals surface area contributed by atoms with E-state index >= 15 is 0 Å². The molecule has 180 valence electrons. The minimum absolute atomic E-state index is 0.252. The topological polar surface area (TPSA) is 52.6 Å². The first-order valence-electron chi connectivity index (χ1n) is 9.17. The Kier molecular flexibility index (Phi) is 8.46. The number of esters is 2. The molecule has 1 aliphatic rings. The van der Waals surface area contributed by atoms with Gasteiger partial charge in [0, 0.05) is 5.57 Å². The van der Waals surface area contributed by atoms with Crippen LogP contribution in [0.25, 0.3) is 0 Å². The van der Waals surface area contributed by atoms with Crippen LogP contribution in [-0.2, 0) is 19.1 Å². The van der Waals surface area contributed by atoms with Crippen LogP contribution >= 0.6 is 0 Å². The largest absolute Gasteiger partial charge is 0.460 e. The third-order valence-electron chi connectivity index (χ3n) is 4.66. The molecule has 0 bridgehead atoms. The summed E-state index contributed by atoms with van der Waals surface area (Å²) in [4.78, 5) is 23.6. The number of alkyl halides is 9. The van der Waals surface area contributed by atoms with Crippen molar-refractivity contribution in [1.82, 2.24) is 0 Å². The molecule has 31 heavy (non-hydrogen) atoms. The molecule has 13 heteroatoms. The summed E-state index contributed by atoms with van der Waals surface area (Å²) in [6, 6.07) is 0. The van der Waals surface area contributed by atoms with Crippen LogP contribution in [0.15, 0.2) is 12.2 Å². The van der Waals surface area contributed by atoms with Crippen molar-refractivity contribution >= 4 is 11.9 Å². The number of halogens is 9. The fourth-order valence-electron chi connectivity index (χ4n) is 2.85. The number of hydrogen-bond acceptors (Lipinski definition) is 4. The third kappa shape index (κ3) is 6.28. The monoisotopic (exact) mass is 472 g/mol. The van der Waals surface area contributed by atoms with Crippen molar-refractivity contribution in [3.63, 3.8) is 0 Å². The van der Waals surface area contributed by atoms with Gasteiger partial charge in [0.15, 0.2) is 0 Å². The average Bonchev–Trinajstić information content (AvgIpc) is 2.64. The molecule has 1 atom stereocenters. The van der Waals surface area contributed by atoms with E-state index in [1.54, 1.807) is 0 Å². The highest BCUT2D eigenvalue weighted by molar-refractivity contribution is 5.86. The summed E-state index contributed by atoms with van der Waals surface area (Å²) in [7, 11) is 0. The van der Waals surface area contributed by atoms with E-state index in [1.165, 1.54) is 0 Å². The smallest absolute Gasteiger partial charge is 0.458 e. The Hall–Kier alpha value is -1.95. The van der Waals surface area contributed by atoms with Gasteiger partial charge in [-0.05, 0) is 19.8 Å². The van der Waals surface area contributed by atoms with Gasteiger partial charge in [-0.3, -0.25) is 4.79 Å². The second-order valence-electron chi connectivity index (χ2n) is 7.33. The van der Waals surface area contributed by atoms with Crippen LogP contribution in [0.4, 0.5) is 39.5 Å². The van der Waals surface area contributed by atoms with Crippen LogP contribution in [0, 0.1) is 5.92 Å². The first kappa shape index (κ1) is 27.1. The Labute approximate surface area is 171 Å². The zero-order valence-electron chi connectivity index (χ0n) is 16.3. The Balaban J connectivity index is 3.08. The van der Waals surface area contributed by atoms with E-state index < -0.39 is 60.9 Å². The molecule has 4 nitrogen and oxygen atoms in total. The normalized spacial score (nSPS) is 17.7.